The molecule has 2 aromatic rings. The van der Waals surface area contributed by atoms with Crippen LogP contribution in [0.2, 0.25) is 0 Å². The fraction of sp³-hybridized carbons (Fsp3) is 0.286. The first-order valence-corrected chi connectivity index (χ1v) is 9.14. The number of phenolic OH excluding ortho intramolecular Hbond substituents is 1. The average molecular weight is 375 g/mol. The third kappa shape index (κ3) is 3.91. The molecular formula is C14H17NO7S2. The first-order chi connectivity index (χ1) is 11.3. The molecule has 10 heteroatoms. The molecule has 0 unspecified atom stereocenters. The largest absolute Gasteiger partial charge is 0.507 e. The van der Waals surface area contributed by atoms with Gasteiger partial charge in [-0.15, -0.1) is 4.33 Å². The van der Waals surface area contributed by atoms with Crippen molar-refractivity contribution in [2.45, 2.75) is 30.1 Å². The lowest BCUT2D eigenvalue weighted by atomic mass is 10.0. The van der Waals surface area contributed by atoms with Gasteiger partial charge in [0, 0.05) is 28.1 Å². The molecule has 0 aliphatic rings. The molecule has 0 atom stereocenters. The Bertz CT molecular complexity index is 852. The highest BCUT2D eigenvalue weighted by atomic mass is 32.2. The number of nitrogens with one attached hydrogen (secondary N) is 1. The van der Waals surface area contributed by atoms with Crippen LogP contribution in [-0.4, -0.2) is 29.9 Å². The summed E-state index contributed by atoms with van der Waals surface area (Å²) in [6, 6.07) is 4.07. The van der Waals surface area contributed by atoms with Gasteiger partial charge in [0.2, 0.25) is 0 Å². The maximum Gasteiger partial charge on any atom is 0.294 e. The van der Waals surface area contributed by atoms with Crippen LogP contribution in [-0.2, 0) is 19.5 Å². The molecule has 0 fully saturated rings. The predicted molar refractivity (Wildman–Crippen MR) is 89.6 cm³/mol. The van der Waals surface area contributed by atoms with Gasteiger partial charge in [0.25, 0.3) is 10.1 Å². The minimum Gasteiger partial charge on any atom is -0.507 e. The van der Waals surface area contributed by atoms with Crippen LogP contribution in [0.3, 0.4) is 0 Å². The molecule has 0 aliphatic heterocycles. The molecule has 4 N–H and O–H groups in total. The van der Waals surface area contributed by atoms with E-state index in [9.17, 15) is 18.1 Å². The lowest BCUT2D eigenvalue weighted by molar-refractivity contribution is -0.432. The van der Waals surface area contributed by atoms with Crippen molar-refractivity contribution in [2.75, 3.05) is 11.9 Å². The summed E-state index contributed by atoms with van der Waals surface area (Å²) in [5.74, 6) is -0.0722. The van der Waals surface area contributed by atoms with Crippen LogP contribution in [0.25, 0.3) is 10.8 Å². The number of aromatic hydroxyl groups is 1. The Morgan fingerprint density at radius 3 is 2.58 bits per heavy atom. The summed E-state index contributed by atoms with van der Waals surface area (Å²) in [5.41, 5.74) is 0.849. The molecule has 0 aromatic heterocycles. The second-order valence-electron chi connectivity index (χ2n) is 5.05. The van der Waals surface area contributed by atoms with Gasteiger partial charge in [-0.05, 0) is 36.9 Å². The van der Waals surface area contributed by atoms with E-state index in [-0.39, 0.29) is 10.6 Å². The van der Waals surface area contributed by atoms with Crippen LogP contribution >= 0.6 is 12.0 Å². The zero-order valence-corrected chi connectivity index (χ0v) is 14.6. The second-order valence-corrected chi connectivity index (χ2v) is 7.21. The fourth-order valence-corrected chi connectivity index (χ4v) is 3.30. The fourth-order valence-electron chi connectivity index (χ4n) is 2.26. The SMILES string of the molecule is CCCNc1cc(S(=O)(=O)O)cc2cc(SOOO)c(C)c(O)c12. The van der Waals surface area contributed by atoms with Crippen molar-refractivity contribution in [1.29, 1.82) is 0 Å². The van der Waals surface area contributed by atoms with Crippen LogP contribution in [0.5, 0.6) is 5.75 Å². The van der Waals surface area contributed by atoms with Gasteiger partial charge in [0.1, 0.15) is 5.75 Å². The topological polar surface area (TPSA) is 125 Å². The van der Waals surface area contributed by atoms with Crippen molar-refractivity contribution in [3.8, 4) is 5.75 Å². The third-order valence-electron chi connectivity index (χ3n) is 3.41. The van der Waals surface area contributed by atoms with E-state index in [1.165, 1.54) is 12.1 Å². The highest BCUT2D eigenvalue weighted by molar-refractivity contribution is 7.94. The number of hydrogen-bond acceptors (Lipinski definition) is 8. The Morgan fingerprint density at radius 1 is 1.29 bits per heavy atom. The standard InChI is InChI=1S/C14H17NO7S2/c1-3-4-15-11-7-10(24(18,19)20)5-9-6-12(23-22-21-17)8(2)14(16)13(9)11/h5-7,15-17H,3-4H2,1-2H3,(H,18,19,20). The summed E-state index contributed by atoms with van der Waals surface area (Å²) in [4.78, 5) is 0.107. The highest BCUT2D eigenvalue weighted by Crippen LogP contribution is 2.41. The Morgan fingerprint density at radius 2 is 2.00 bits per heavy atom. The molecule has 2 aromatic carbocycles. The normalized spacial score (nSPS) is 11.8. The van der Waals surface area contributed by atoms with Gasteiger partial charge in [-0.1, -0.05) is 12.0 Å². The molecule has 0 aliphatic carbocycles. The van der Waals surface area contributed by atoms with Crippen molar-refractivity contribution in [3.63, 3.8) is 0 Å². The van der Waals surface area contributed by atoms with Gasteiger partial charge >= 0.3 is 0 Å². The van der Waals surface area contributed by atoms with Gasteiger partial charge in [-0.2, -0.15) is 8.42 Å². The van der Waals surface area contributed by atoms with Gasteiger partial charge in [-0.3, -0.25) is 4.55 Å². The molecule has 0 bridgehead atoms. The number of hydrogen-bond donors (Lipinski definition) is 4. The van der Waals surface area contributed by atoms with Crippen LogP contribution in [0, 0.1) is 6.92 Å². The maximum atomic E-state index is 11.5. The second kappa shape index (κ2) is 7.55. The van der Waals surface area contributed by atoms with Gasteiger partial charge in [0.05, 0.1) is 16.9 Å². The molecule has 0 heterocycles. The van der Waals surface area contributed by atoms with Gasteiger partial charge in [-0.25, -0.2) is 5.26 Å². The zero-order valence-electron chi connectivity index (χ0n) is 12.9. The van der Waals surface area contributed by atoms with Crippen molar-refractivity contribution < 1.29 is 32.7 Å². The van der Waals surface area contributed by atoms with E-state index in [1.807, 2.05) is 6.92 Å². The van der Waals surface area contributed by atoms with E-state index in [4.69, 9.17) is 5.26 Å². The first kappa shape index (κ1) is 18.8. The van der Waals surface area contributed by atoms with Crippen LogP contribution in [0.1, 0.15) is 18.9 Å². The molecule has 0 saturated carbocycles. The Hall–Kier alpha value is -1.56. The monoisotopic (exact) mass is 375 g/mol. The van der Waals surface area contributed by atoms with Crippen LogP contribution in [0.4, 0.5) is 5.69 Å². The summed E-state index contributed by atoms with van der Waals surface area (Å²) in [6.45, 7) is 4.13. The minimum atomic E-state index is -4.42. The number of phenols is 1. The van der Waals surface area contributed by atoms with E-state index in [2.05, 4.69) is 14.7 Å². The minimum absolute atomic E-state index is 0.0722. The average Bonchev–Trinajstić information content (AvgIpc) is 2.53. The van der Waals surface area contributed by atoms with E-state index in [1.54, 1.807) is 13.0 Å². The van der Waals surface area contributed by atoms with E-state index >= 15 is 0 Å². The first-order valence-electron chi connectivity index (χ1n) is 6.96. The molecule has 24 heavy (non-hydrogen) atoms. The quantitative estimate of drug-likeness (QED) is 0.249. The number of fused-ring (bicyclic) bond motifs is 1. The summed E-state index contributed by atoms with van der Waals surface area (Å²) in [5, 5.41) is 26.1. The molecule has 0 amide bonds. The molecule has 132 valence electrons. The predicted octanol–water partition coefficient (Wildman–Crippen LogP) is 3.35. The smallest absolute Gasteiger partial charge is 0.294 e. The lowest BCUT2D eigenvalue weighted by Crippen LogP contribution is -2.04. The zero-order chi connectivity index (χ0) is 17.9. The van der Waals surface area contributed by atoms with Crippen molar-refractivity contribution in [3.05, 3.63) is 23.8 Å². The van der Waals surface area contributed by atoms with E-state index in [0.29, 0.717) is 45.5 Å². The van der Waals surface area contributed by atoms with Crippen molar-refractivity contribution >= 4 is 38.6 Å². The summed E-state index contributed by atoms with van der Waals surface area (Å²) in [7, 11) is -4.42. The molecule has 0 radical (unpaired) electrons. The number of anilines is 1. The molecular weight excluding hydrogens is 358 g/mol. The summed E-state index contributed by atoms with van der Waals surface area (Å²) < 4.78 is 36.7. The molecule has 8 nitrogen and oxygen atoms in total. The van der Waals surface area contributed by atoms with Crippen LogP contribution < -0.4 is 5.32 Å². The number of benzene rings is 2. The van der Waals surface area contributed by atoms with Crippen molar-refractivity contribution in [2.24, 2.45) is 0 Å². The van der Waals surface area contributed by atoms with Crippen LogP contribution in [0.15, 0.2) is 28.0 Å². The van der Waals surface area contributed by atoms with E-state index in [0.717, 1.165) is 6.42 Å². The van der Waals surface area contributed by atoms with Crippen molar-refractivity contribution in [1.82, 2.24) is 0 Å². The van der Waals surface area contributed by atoms with E-state index < -0.39 is 10.1 Å². The molecule has 2 rings (SSSR count). The Labute approximate surface area is 143 Å². The lowest BCUT2D eigenvalue weighted by Gasteiger charge is -2.15. The summed E-state index contributed by atoms with van der Waals surface area (Å²) >= 11 is 0.649. The Kier molecular flexibility index (Phi) is 5.91. The number of rotatable bonds is 7. The van der Waals surface area contributed by atoms with Gasteiger partial charge < -0.3 is 10.4 Å². The molecule has 0 saturated heterocycles. The summed E-state index contributed by atoms with van der Waals surface area (Å²) in [6.07, 6.45) is 0.785. The third-order valence-corrected chi connectivity index (χ3v) is 4.97. The maximum absolute atomic E-state index is 11.5. The van der Waals surface area contributed by atoms with Gasteiger partial charge in [0.15, 0.2) is 0 Å². The Balaban J connectivity index is 2.74. The highest BCUT2D eigenvalue weighted by Gasteiger charge is 2.19. The molecule has 0 spiro atoms.